The van der Waals surface area contributed by atoms with Crippen LogP contribution < -0.4 is 0 Å². The standard InChI is InChI=1S/C13H12O2/c14-13(11-6-2-1-3-7-11)10-12-8-4-5-9-15-12/h1-3,5-9H,4,10H2. The highest BCUT2D eigenvalue weighted by Crippen LogP contribution is 2.14. The molecule has 0 saturated heterocycles. The van der Waals surface area contributed by atoms with Gasteiger partial charge in [0.15, 0.2) is 5.78 Å². The molecule has 0 bridgehead atoms. The number of allylic oxidation sites excluding steroid dienone is 3. The van der Waals surface area contributed by atoms with Gasteiger partial charge in [-0.15, -0.1) is 0 Å². The summed E-state index contributed by atoms with van der Waals surface area (Å²) >= 11 is 0. The van der Waals surface area contributed by atoms with Crippen LogP contribution in [0.2, 0.25) is 0 Å². The summed E-state index contributed by atoms with van der Waals surface area (Å²) in [5.41, 5.74) is 0.733. The van der Waals surface area contributed by atoms with E-state index in [9.17, 15) is 4.79 Å². The predicted octanol–water partition coefficient (Wildman–Crippen LogP) is 3.08. The van der Waals surface area contributed by atoms with E-state index in [-0.39, 0.29) is 5.78 Å². The summed E-state index contributed by atoms with van der Waals surface area (Å²) in [4.78, 5) is 11.8. The summed E-state index contributed by atoms with van der Waals surface area (Å²) in [6.07, 6.45) is 6.66. The van der Waals surface area contributed by atoms with Crippen LogP contribution in [-0.4, -0.2) is 5.78 Å². The lowest BCUT2D eigenvalue weighted by molar-refractivity contribution is 0.0977. The Hall–Kier alpha value is -1.83. The van der Waals surface area contributed by atoms with Crippen LogP contribution in [0, 0.1) is 0 Å². The molecule has 0 aromatic heterocycles. The molecule has 1 aliphatic heterocycles. The fourth-order valence-corrected chi connectivity index (χ4v) is 1.44. The first-order valence-electron chi connectivity index (χ1n) is 4.95. The van der Waals surface area contributed by atoms with Gasteiger partial charge in [0, 0.05) is 5.56 Å². The van der Waals surface area contributed by atoms with Crippen molar-refractivity contribution in [3.8, 4) is 0 Å². The Bertz CT molecular complexity index is 402. The van der Waals surface area contributed by atoms with Crippen LogP contribution in [0.25, 0.3) is 0 Å². The highest BCUT2D eigenvalue weighted by Gasteiger charge is 2.09. The Kier molecular flexibility index (Phi) is 2.98. The number of ketones is 1. The molecule has 0 aliphatic carbocycles. The monoisotopic (exact) mass is 200 g/mol. The number of benzene rings is 1. The molecule has 1 aromatic carbocycles. The van der Waals surface area contributed by atoms with Crippen LogP contribution in [0.3, 0.4) is 0 Å². The summed E-state index contributed by atoms with van der Waals surface area (Å²) in [6.45, 7) is 0. The summed E-state index contributed by atoms with van der Waals surface area (Å²) in [6, 6.07) is 9.27. The van der Waals surface area contributed by atoms with Crippen LogP contribution >= 0.6 is 0 Å². The Morgan fingerprint density at radius 3 is 2.73 bits per heavy atom. The summed E-state index contributed by atoms with van der Waals surface area (Å²) < 4.78 is 5.23. The van der Waals surface area contributed by atoms with Crippen molar-refractivity contribution in [2.75, 3.05) is 0 Å². The average Bonchev–Trinajstić information content (AvgIpc) is 2.31. The third kappa shape index (κ3) is 2.56. The molecule has 0 radical (unpaired) electrons. The molecule has 1 aromatic rings. The van der Waals surface area contributed by atoms with Gasteiger partial charge >= 0.3 is 0 Å². The van der Waals surface area contributed by atoms with Crippen molar-refractivity contribution in [2.45, 2.75) is 12.8 Å². The minimum absolute atomic E-state index is 0.0946. The number of rotatable bonds is 3. The molecule has 0 N–H and O–H groups in total. The molecule has 15 heavy (non-hydrogen) atoms. The second-order valence-electron chi connectivity index (χ2n) is 3.36. The van der Waals surface area contributed by atoms with E-state index in [4.69, 9.17) is 4.74 Å². The molecule has 0 fully saturated rings. The van der Waals surface area contributed by atoms with Crippen LogP contribution in [0.15, 0.2) is 54.5 Å². The number of ether oxygens (including phenoxy) is 1. The molecule has 1 aliphatic rings. The quantitative estimate of drug-likeness (QED) is 0.701. The van der Waals surface area contributed by atoms with Gasteiger partial charge in [0.1, 0.15) is 5.76 Å². The zero-order valence-electron chi connectivity index (χ0n) is 8.35. The van der Waals surface area contributed by atoms with E-state index in [2.05, 4.69) is 0 Å². The Morgan fingerprint density at radius 2 is 2.07 bits per heavy atom. The van der Waals surface area contributed by atoms with Gasteiger partial charge in [-0.1, -0.05) is 30.3 Å². The second-order valence-corrected chi connectivity index (χ2v) is 3.36. The number of carbonyl (C=O) groups is 1. The lowest BCUT2D eigenvalue weighted by atomic mass is 10.1. The van der Waals surface area contributed by atoms with Gasteiger partial charge in [-0.05, 0) is 18.6 Å². The third-order valence-electron chi connectivity index (χ3n) is 2.23. The number of Topliss-reactive ketones (excluding diaryl/α,β-unsaturated/α-hetero) is 1. The molecule has 2 rings (SSSR count). The largest absolute Gasteiger partial charge is 0.470 e. The lowest BCUT2D eigenvalue weighted by Gasteiger charge is -2.08. The molecule has 0 spiro atoms. The molecule has 0 atom stereocenters. The topological polar surface area (TPSA) is 26.3 Å². The SMILES string of the molecule is O=C(CC1=CCC=CO1)c1ccccc1. The van der Waals surface area contributed by atoms with E-state index in [0.29, 0.717) is 6.42 Å². The molecule has 0 amide bonds. The first kappa shape index (κ1) is 9.71. The molecule has 2 heteroatoms. The number of hydrogen-bond donors (Lipinski definition) is 0. The predicted molar refractivity (Wildman–Crippen MR) is 58.3 cm³/mol. The van der Waals surface area contributed by atoms with E-state index in [1.807, 2.05) is 42.5 Å². The smallest absolute Gasteiger partial charge is 0.170 e. The van der Waals surface area contributed by atoms with Gasteiger partial charge in [0.05, 0.1) is 12.7 Å². The van der Waals surface area contributed by atoms with Crippen LogP contribution in [0.1, 0.15) is 23.2 Å². The summed E-state index contributed by atoms with van der Waals surface area (Å²) in [5.74, 6) is 0.837. The van der Waals surface area contributed by atoms with E-state index >= 15 is 0 Å². The Labute approximate surface area is 88.9 Å². The van der Waals surface area contributed by atoms with E-state index in [1.54, 1.807) is 6.26 Å². The van der Waals surface area contributed by atoms with Crippen LogP contribution in [-0.2, 0) is 4.74 Å². The Balaban J connectivity index is 2.01. The molecule has 0 unspecified atom stereocenters. The van der Waals surface area contributed by atoms with Gasteiger partial charge in [-0.3, -0.25) is 4.79 Å². The maximum absolute atomic E-state index is 11.8. The second kappa shape index (κ2) is 4.60. The first-order valence-corrected chi connectivity index (χ1v) is 4.95. The average molecular weight is 200 g/mol. The van der Waals surface area contributed by atoms with Crippen molar-refractivity contribution in [2.24, 2.45) is 0 Å². The van der Waals surface area contributed by atoms with E-state index in [0.717, 1.165) is 17.7 Å². The van der Waals surface area contributed by atoms with Gasteiger partial charge in [0.25, 0.3) is 0 Å². The van der Waals surface area contributed by atoms with E-state index in [1.165, 1.54) is 0 Å². The van der Waals surface area contributed by atoms with Gasteiger partial charge in [-0.25, -0.2) is 0 Å². The normalized spacial score (nSPS) is 14.3. The van der Waals surface area contributed by atoms with Gasteiger partial charge < -0.3 is 4.74 Å². The zero-order valence-corrected chi connectivity index (χ0v) is 8.35. The zero-order chi connectivity index (χ0) is 10.5. The van der Waals surface area contributed by atoms with Crippen molar-refractivity contribution in [3.05, 3.63) is 60.1 Å². The van der Waals surface area contributed by atoms with Crippen molar-refractivity contribution in [1.82, 2.24) is 0 Å². The fraction of sp³-hybridized carbons (Fsp3) is 0.154. The van der Waals surface area contributed by atoms with E-state index < -0.39 is 0 Å². The van der Waals surface area contributed by atoms with Gasteiger partial charge in [-0.2, -0.15) is 0 Å². The fourth-order valence-electron chi connectivity index (χ4n) is 1.44. The Morgan fingerprint density at radius 1 is 1.27 bits per heavy atom. The van der Waals surface area contributed by atoms with Crippen LogP contribution in [0.4, 0.5) is 0 Å². The molecule has 1 heterocycles. The third-order valence-corrected chi connectivity index (χ3v) is 2.23. The minimum Gasteiger partial charge on any atom is -0.470 e. The summed E-state index contributed by atoms with van der Waals surface area (Å²) in [5, 5.41) is 0. The highest BCUT2D eigenvalue weighted by molar-refractivity contribution is 5.97. The van der Waals surface area contributed by atoms with Crippen molar-refractivity contribution in [1.29, 1.82) is 0 Å². The molecular weight excluding hydrogens is 188 g/mol. The molecular formula is C13H12O2. The lowest BCUT2D eigenvalue weighted by Crippen LogP contribution is -2.02. The van der Waals surface area contributed by atoms with Crippen molar-refractivity contribution >= 4 is 5.78 Å². The van der Waals surface area contributed by atoms with Crippen molar-refractivity contribution < 1.29 is 9.53 Å². The maximum atomic E-state index is 11.8. The number of carbonyl (C=O) groups excluding carboxylic acids is 1. The highest BCUT2D eigenvalue weighted by atomic mass is 16.5. The molecule has 0 saturated carbocycles. The number of hydrogen-bond acceptors (Lipinski definition) is 2. The molecule has 2 nitrogen and oxygen atoms in total. The molecule has 76 valence electrons. The van der Waals surface area contributed by atoms with Crippen molar-refractivity contribution in [3.63, 3.8) is 0 Å². The van der Waals surface area contributed by atoms with Gasteiger partial charge in [0.2, 0.25) is 0 Å². The van der Waals surface area contributed by atoms with Crippen LogP contribution in [0.5, 0.6) is 0 Å². The minimum atomic E-state index is 0.0946. The maximum Gasteiger partial charge on any atom is 0.170 e. The summed E-state index contributed by atoms with van der Waals surface area (Å²) in [7, 11) is 0. The first-order chi connectivity index (χ1) is 7.36.